The van der Waals surface area contributed by atoms with Crippen molar-refractivity contribution in [1.29, 1.82) is 0 Å². The van der Waals surface area contributed by atoms with E-state index >= 15 is 0 Å². The van der Waals surface area contributed by atoms with Crippen LogP contribution < -0.4 is 0 Å². The van der Waals surface area contributed by atoms with Crippen LogP contribution in [0.25, 0.3) is 0 Å². The molecule has 4 nitrogen and oxygen atoms in total. The molecule has 0 N–H and O–H groups in total. The average molecular weight is 202 g/mol. The normalized spacial score (nSPS) is 10.3. The van der Waals surface area contributed by atoms with E-state index in [4.69, 9.17) is 0 Å². The molecule has 0 radical (unpaired) electrons. The summed E-state index contributed by atoms with van der Waals surface area (Å²) in [6.45, 7) is 1.79. The van der Waals surface area contributed by atoms with Crippen LogP contribution in [-0.4, -0.2) is 22.5 Å². The molecule has 6 heteroatoms. The highest BCUT2D eigenvalue weighted by Gasteiger charge is 2.14. The molecule has 0 aliphatic heterocycles. The standard InChI is InChI=1S/C8H8F2N2O2/c1-2-14-8(13)6-3-5(7(9)10)11-4-12-6/h3-4,7H,2H2,1H3. The number of hydrogen-bond donors (Lipinski definition) is 0. The Morgan fingerprint density at radius 3 is 2.86 bits per heavy atom. The third-order valence-corrected chi connectivity index (χ3v) is 1.40. The largest absolute Gasteiger partial charge is 0.461 e. The fourth-order valence-electron chi connectivity index (χ4n) is 0.808. The lowest BCUT2D eigenvalue weighted by Crippen LogP contribution is -2.08. The average Bonchev–Trinajstić information content (AvgIpc) is 2.18. The van der Waals surface area contributed by atoms with Crippen molar-refractivity contribution in [2.24, 2.45) is 0 Å². The van der Waals surface area contributed by atoms with E-state index in [1.54, 1.807) is 6.92 Å². The van der Waals surface area contributed by atoms with Crippen LogP contribution in [0.3, 0.4) is 0 Å². The molecule has 0 amide bonds. The molecule has 0 bridgehead atoms. The van der Waals surface area contributed by atoms with Gasteiger partial charge in [0.15, 0.2) is 5.69 Å². The number of aromatic nitrogens is 2. The molecule has 0 unspecified atom stereocenters. The molecule has 1 aromatic heterocycles. The number of carbonyl (C=O) groups is 1. The van der Waals surface area contributed by atoms with Gasteiger partial charge in [-0.3, -0.25) is 0 Å². The second kappa shape index (κ2) is 4.59. The third-order valence-electron chi connectivity index (χ3n) is 1.40. The van der Waals surface area contributed by atoms with Crippen molar-refractivity contribution in [1.82, 2.24) is 9.97 Å². The topological polar surface area (TPSA) is 52.1 Å². The Balaban J connectivity index is 2.88. The first-order valence-corrected chi connectivity index (χ1v) is 3.92. The number of halogens is 2. The second-order valence-electron chi connectivity index (χ2n) is 2.35. The van der Waals surface area contributed by atoms with Crippen molar-refractivity contribution >= 4 is 5.97 Å². The zero-order chi connectivity index (χ0) is 10.6. The molecule has 14 heavy (non-hydrogen) atoms. The zero-order valence-corrected chi connectivity index (χ0v) is 7.41. The van der Waals surface area contributed by atoms with E-state index in [0.29, 0.717) is 0 Å². The first kappa shape index (κ1) is 10.5. The smallest absolute Gasteiger partial charge is 0.357 e. The van der Waals surface area contributed by atoms with E-state index in [0.717, 1.165) is 12.4 Å². The minimum Gasteiger partial charge on any atom is -0.461 e. The third kappa shape index (κ3) is 2.45. The highest BCUT2D eigenvalue weighted by Crippen LogP contribution is 2.15. The van der Waals surface area contributed by atoms with Gasteiger partial charge in [0.05, 0.1) is 6.61 Å². The fourth-order valence-corrected chi connectivity index (χ4v) is 0.808. The Hall–Kier alpha value is -1.59. The van der Waals surface area contributed by atoms with Crippen LogP contribution in [0.2, 0.25) is 0 Å². The summed E-state index contributed by atoms with van der Waals surface area (Å²) in [5.74, 6) is -0.725. The van der Waals surface area contributed by atoms with Gasteiger partial charge in [0.25, 0.3) is 6.43 Å². The highest BCUT2D eigenvalue weighted by molar-refractivity contribution is 5.87. The molecule has 0 saturated heterocycles. The van der Waals surface area contributed by atoms with E-state index in [1.807, 2.05) is 0 Å². The zero-order valence-electron chi connectivity index (χ0n) is 7.41. The Labute approximate surface area is 78.9 Å². The van der Waals surface area contributed by atoms with Crippen molar-refractivity contribution in [3.63, 3.8) is 0 Å². The quantitative estimate of drug-likeness (QED) is 0.698. The van der Waals surface area contributed by atoms with Crippen LogP contribution in [0.5, 0.6) is 0 Å². The molecule has 1 aromatic rings. The lowest BCUT2D eigenvalue weighted by Gasteiger charge is -2.02. The summed E-state index contributed by atoms with van der Waals surface area (Å²) < 4.78 is 28.9. The number of esters is 1. The molecule has 76 valence electrons. The number of ether oxygens (including phenoxy) is 1. The minimum atomic E-state index is -2.72. The van der Waals surface area contributed by atoms with E-state index in [2.05, 4.69) is 14.7 Å². The highest BCUT2D eigenvalue weighted by atomic mass is 19.3. The van der Waals surface area contributed by atoms with Crippen molar-refractivity contribution in [3.8, 4) is 0 Å². The predicted molar refractivity (Wildman–Crippen MR) is 42.9 cm³/mol. The maximum atomic E-state index is 12.2. The van der Waals surface area contributed by atoms with Gasteiger partial charge >= 0.3 is 5.97 Å². The van der Waals surface area contributed by atoms with Crippen LogP contribution in [0.1, 0.15) is 29.5 Å². The van der Waals surface area contributed by atoms with Crippen molar-refractivity contribution in [2.75, 3.05) is 6.61 Å². The van der Waals surface area contributed by atoms with Gasteiger partial charge in [-0.25, -0.2) is 23.5 Å². The number of carbonyl (C=O) groups excluding carboxylic acids is 1. The lowest BCUT2D eigenvalue weighted by atomic mass is 10.3. The SMILES string of the molecule is CCOC(=O)c1cc(C(F)F)ncn1. The Kier molecular flexibility index (Phi) is 3.44. The second-order valence-corrected chi connectivity index (χ2v) is 2.35. The number of alkyl halides is 2. The first-order valence-electron chi connectivity index (χ1n) is 3.92. The number of rotatable bonds is 3. The summed E-state index contributed by atoms with van der Waals surface area (Å²) >= 11 is 0. The molecule has 0 aliphatic rings. The predicted octanol–water partition coefficient (Wildman–Crippen LogP) is 1.59. The van der Waals surface area contributed by atoms with Gasteiger partial charge < -0.3 is 4.74 Å². The van der Waals surface area contributed by atoms with Crippen LogP contribution in [-0.2, 0) is 4.74 Å². The summed E-state index contributed by atoms with van der Waals surface area (Å²) in [6, 6.07) is 0.919. The molecule has 0 atom stereocenters. The van der Waals surface area contributed by atoms with Crippen molar-refractivity contribution in [3.05, 3.63) is 23.8 Å². The van der Waals surface area contributed by atoms with Gasteiger partial charge in [0.2, 0.25) is 0 Å². The molecule has 0 fully saturated rings. The molecule has 0 saturated carbocycles. The Morgan fingerprint density at radius 2 is 2.29 bits per heavy atom. The van der Waals surface area contributed by atoms with Crippen LogP contribution in [0, 0.1) is 0 Å². The van der Waals surface area contributed by atoms with Crippen LogP contribution >= 0.6 is 0 Å². The molecule has 0 aliphatic carbocycles. The molecule has 0 spiro atoms. The summed E-state index contributed by atoms with van der Waals surface area (Å²) in [6.07, 6.45) is -1.81. The monoisotopic (exact) mass is 202 g/mol. The minimum absolute atomic E-state index is 0.155. The number of hydrogen-bond acceptors (Lipinski definition) is 4. The van der Waals surface area contributed by atoms with Gasteiger partial charge in [-0.15, -0.1) is 0 Å². The van der Waals surface area contributed by atoms with Gasteiger partial charge in [-0.2, -0.15) is 0 Å². The van der Waals surface area contributed by atoms with E-state index in [9.17, 15) is 13.6 Å². The maximum Gasteiger partial charge on any atom is 0.357 e. The van der Waals surface area contributed by atoms with Gasteiger partial charge in [-0.05, 0) is 13.0 Å². The van der Waals surface area contributed by atoms with Gasteiger partial charge in [0.1, 0.15) is 12.0 Å². The number of nitrogens with zero attached hydrogens (tertiary/aromatic N) is 2. The van der Waals surface area contributed by atoms with Crippen molar-refractivity contribution in [2.45, 2.75) is 13.3 Å². The van der Waals surface area contributed by atoms with Crippen LogP contribution in [0.4, 0.5) is 8.78 Å². The van der Waals surface area contributed by atoms with Gasteiger partial charge in [0, 0.05) is 0 Å². The maximum absolute atomic E-state index is 12.2. The summed E-state index contributed by atoms with van der Waals surface area (Å²) in [4.78, 5) is 17.9. The summed E-state index contributed by atoms with van der Waals surface area (Å²) in [7, 11) is 0. The Morgan fingerprint density at radius 1 is 1.57 bits per heavy atom. The van der Waals surface area contributed by atoms with Gasteiger partial charge in [-0.1, -0.05) is 0 Å². The molecular weight excluding hydrogens is 194 g/mol. The fraction of sp³-hybridized carbons (Fsp3) is 0.375. The Bertz CT molecular complexity index is 331. The summed E-state index contributed by atoms with van der Waals surface area (Å²) in [5, 5.41) is 0. The molecule has 1 heterocycles. The van der Waals surface area contributed by atoms with Crippen LogP contribution in [0.15, 0.2) is 12.4 Å². The first-order chi connectivity index (χ1) is 6.65. The summed E-state index contributed by atoms with van der Waals surface area (Å²) in [5.41, 5.74) is -0.639. The van der Waals surface area contributed by atoms with E-state index in [1.165, 1.54) is 0 Å². The molecule has 1 rings (SSSR count). The van der Waals surface area contributed by atoms with E-state index in [-0.39, 0.29) is 12.3 Å². The molecule has 0 aromatic carbocycles. The van der Waals surface area contributed by atoms with E-state index < -0.39 is 18.1 Å². The lowest BCUT2D eigenvalue weighted by molar-refractivity contribution is 0.0518. The molecular formula is C8H8F2N2O2. The van der Waals surface area contributed by atoms with Crippen molar-refractivity contribution < 1.29 is 18.3 Å².